The van der Waals surface area contributed by atoms with E-state index >= 15 is 0 Å². The summed E-state index contributed by atoms with van der Waals surface area (Å²) in [6.45, 7) is 2.64. The van der Waals surface area contributed by atoms with Crippen LogP contribution in [0.4, 0.5) is 5.69 Å². The van der Waals surface area contributed by atoms with E-state index in [9.17, 15) is 10.1 Å². The largest absolute Gasteiger partial charge is 0.361 e. The fourth-order valence-corrected chi connectivity index (χ4v) is 4.51. The first kappa shape index (κ1) is 19.9. The van der Waals surface area contributed by atoms with Gasteiger partial charge in [-0.15, -0.1) is 11.3 Å². The lowest BCUT2D eigenvalue weighted by atomic mass is 9.96. The van der Waals surface area contributed by atoms with Gasteiger partial charge in [0.2, 0.25) is 0 Å². The molecule has 2 atom stereocenters. The number of anilines is 1. The number of aromatic nitrogens is 1. The van der Waals surface area contributed by atoms with Crippen LogP contribution < -0.4 is 10.6 Å². The summed E-state index contributed by atoms with van der Waals surface area (Å²) in [7, 11) is 0. The average molecular weight is 416 g/mol. The molecule has 0 spiro atoms. The van der Waals surface area contributed by atoms with Crippen molar-refractivity contribution in [3.8, 4) is 6.07 Å². The minimum Gasteiger partial charge on any atom is -0.361 e. The molecule has 1 amide bonds. The number of carbonyl (C=O) groups excluding carboxylic acids is 1. The lowest BCUT2D eigenvalue weighted by Gasteiger charge is -2.17. The van der Waals surface area contributed by atoms with Crippen molar-refractivity contribution in [2.75, 3.05) is 11.9 Å². The molecule has 0 saturated carbocycles. The smallest absolute Gasteiger partial charge is 0.282 e. The van der Waals surface area contributed by atoms with Crippen LogP contribution in [-0.4, -0.2) is 23.5 Å². The second-order valence-electron chi connectivity index (χ2n) is 7.26. The third-order valence-corrected chi connectivity index (χ3v) is 6.31. The number of benzene rings is 2. The zero-order valence-electron chi connectivity index (χ0n) is 16.6. The lowest BCUT2D eigenvalue weighted by Crippen LogP contribution is -2.92. The number of thiophene rings is 1. The minimum absolute atomic E-state index is 0.110. The van der Waals surface area contributed by atoms with Crippen molar-refractivity contribution in [2.24, 2.45) is 0 Å². The first-order valence-corrected chi connectivity index (χ1v) is 10.8. The Bertz CT molecular complexity index is 1190. The molecule has 6 heteroatoms. The number of rotatable bonds is 7. The van der Waals surface area contributed by atoms with Crippen molar-refractivity contribution in [3.05, 3.63) is 88.2 Å². The molecule has 0 unspecified atom stereocenters. The number of nitrogens with one attached hydrogen (secondary N) is 2. The van der Waals surface area contributed by atoms with E-state index in [-0.39, 0.29) is 17.9 Å². The zero-order chi connectivity index (χ0) is 20.9. The fraction of sp³-hybridized carbons (Fsp3) is 0.167. The van der Waals surface area contributed by atoms with Crippen molar-refractivity contribution < 1.29 is 10.1 Å². The first-order chi connectivity index (χ1) is 14.7. The van der Waals surface area contributed by atoms with Crippen molar-refractivity contribution >= 4 is 33.8 Å². The maximum atomic E-state index is 12.7. The van der Waals surface area contributed by atoms with Crippen LogP contribution in [0.15, 0.2) is 72.2 Å². The van der Waals surface area contributed by atoms with Crippen LogP contribution in [0.3, 0.4) is 0 Å². The average Bonchev–Trinajstić information content (AvgIpc) is 3.45. The van der Waals surface area contributed by atoms with Gasteiger partial charge in [-0.25, -0.2) is 0 Å². The van der Waals surface area contributed by atoms with E-state index in [2.05, 4.69) is 63.6 Å². The zero-order valence-corrected chi connectivity index (χ0v) is 17.4. The molecule has 0 aliphatic heterocycles. The van der Waals surface area contributed by atoms with Gasteiger partial charge < -0.3 is 15.6 Å². The second kappa shape index (κ2) is 8.95. The predicted octanol–water partition coefficient (Wildman–Crippen LogP) is 3.82. The molecule has 2 aromatic carbocycles. The highest BCUT2D eigenvalue weighted by molar-refractivity contribution is 7.10. The third kappa shape index (κ3) is 4.13. The number of H-pyrrole nitrogens is 1. The van der Waals surface area contributed by atoms with E-state index in [0.717, 1.165) is 12.1 Å². The number of quaternary nitrogens is 1. The lowest BCUT2D eigenvalue weighted by molar-refractivity contribution is -0.674. The van der Waals surface area contributed by atoms with E-state index in [4.69, 9.17) is 0 Å². The normalized spacial score (nSPS) is 12.9. The Hall–Kier alpha value is -3.40. The predicted molar refractivity (Wildman–Crippen MR) is 121 cm³/mol. The quantitative estimate of drug-likeness (QED) is 0.429. The molecule has 2 heterocycles. The first-order valence-electron chi connectivity index (χ1n) is 9.90. The van der Waals surface area contributed by atoms with Gasteiger partial charge in [0.25, 0.3) is 5.91 Å². The van der Waals surface area contributed by atoms with Crippen molar-refractivity contribution in [1.82, 2.24) is 4.98 Å². The van der Waals surface area contributed by atoms with Gasteiger partial charge in [0, 0.05) is 22.0 Å². The molecule has 30 heavy (non-hydrogen) atoms. The molecule has 0 saturated heterocycles. The number of carbonyl (C=O) groups is 1. The van der Waals surface area contributed by atoms with Crippen LogP contribution in [0.5, 0.6) is 0 Å². The Morgan fingerprint density at radius 2 is 1.97 bits per heavy atom. The maximum absolute atomic E-state index is 12.7. The molecule has 2 aromatic heterocycles. The van der Waals surface area contributed by atoms with Gasteiger partial charge in [0.1, 0.15) is 6.07 Å². The fourth-order valence-electron chi connectivity index (χ4n) is 3.65. The number of aromatic amines is 1. The van der Waals surface area contributed by atoms with E-state index in [1.165, 1.54) is 15.8 Å². The Balaban J connectivity index is 1.50. The summed E-state index contributed by atoms with van der Waals surface area (Å²) < 4.78 is 0. The number of nitrogens with two attached hydrogens (primary N) is 1. The highest BCUT2D eigenvalue weighted by atomic mass is 32.1. The third-order valence-electron chi connectivity index (χ3n) is 5.33. The summed E-state index contributed by atoms with van der Waals surface area (Å²) in [5.41, 5.74) is 3.38. The number of nitriles is 1. The van der Waals surface area contributed by atoms with E-state index in [1.54, 1.807) is 29.5 Å². The number of hydrogen-bond donors (Lipinski definition) is 3. The van der Waals surface area contributed by atoms with Crippen molar-refractivity contribution in [3.63, 3.8) is 0 Å². The number of para-hydroxylation sites is 2. The summed E-state index contributed by atoms with van der Waals surface area (Å²) in [5.74, 6) is 0.0735. The summed E-state index contributed by atoms with van der Waals surface area (Å²) in [4.78, 5) is 17.4. The second-order valence-corrected chi connectivity index (χ2v) is 8.24. The van der Waals surface area contributed by atoms with Crippen LogP contribution in [-0.2, 0) is 4.79 Å². The van der Waals surface area contributed by atoms with Gasteiger partial charge in [-0.1, -0.05) is 36.4 Å². The Labute approximate surface area is 179 Å². The molecule has 4 aromatic rings. The Morgan fingerprint density at radius 1 is 1.17 bits per heavy atom. The van der Waals surface area contributed by atoms with Gasteiger partial charge >= 0.3 is 0 Å². The van der Waals surface area contributed by atoms with Gasteiger partial charge in [0.05, 0.1) is 23.7 Å². The minimum atomic E-state index is -0.288. The van der Waals surface area contributed by atoms with E-state index in [0.29, 0.717) is 11.3 Å². The Morgan fingerprint density at radius 3 is 2.77 bits per heavy atom. The van der Waals surface area contributed by atoms with Gasteiger partial charge in [-0.05, 0) is 42.1 Å². The SMILES string of the molecule is C[C@H]([NH2+]C[C@H](c1cccs1)c1c[nH]c2ccccc12)C(=O)Nc1ccccc1C#N. The molecular weight excluding hydrogens is 392 g/mol. The van der Waals surface area contributed by atoms with Crippen LogP contribution in [0.2, 0.25) is 0 Å². The van der Waals surface area contributed by atoms with Crippen molar-refractivity contribution in [1.29, 1.82) is 5.26 Å². The summed E-state index contributed by atoms with van der Waals surface area (Å²) in [6.07, 6.45) is 2.08. The molecule has 0 fully saturated rings. The highest BCUT2D eigenvalue weighted by Crippen LogP contribution is 2.32. The van der Waals surface area contributed by atoms with Crippen LogP contribution in [0, 0.1) is 11.3 Å². The van der Waals surface area contributed by atoms with Gasteiger partial charge in [-0.3, -0.25) is 4.79 Å². The molecule has 5 nitrogen and oxygen atoms in total. The van der Waals surface area contributed by atoms with Gasteiger partial charge in [-0.2, -0.15) is 5.26 Å². The highest BCUT2D eigenvalue weighted by Gasteiger charge is 2.24. The number of fused-ring (bicyclic) bond motifs is 1. The summed E-state index contributed by atoms with van der Waals surface area (Å²) in [6, 6.07) is 21.4. The molecule has 4 rings (SSSR count). The molecule has 150 valence electrons. The van der Waals surface area contributed by atoms with Gasteiger partial charge in [0.15, 0.2) is 6.04 Å². The number of amides is 1. The monoisotopic (exact) mass is 415 g/mol. The summed E-state index contributed by atoms with van der Waals surface area (Å²) in [5, 5.41) is 17.5. The molecule has 0 bridgehead atoms. The van der Waals surface area contributed by atoms with Crippen LogP contribution in [0.1, 0.15) is 28.8 Å². The molecule has 0 radical (unpaired) electrons. The topological polar surface area (TPSA) is 85.3 Å². The van der Waals surface area contributed by atoms with E-state index < -0.39 is 0 Å². The molecule has 0 aliphatic rings. The van der Waals surface area contributed by atoms with Crippen LogP contribution in [0.25, 0.3) is 10.9 Å². The van der Waals surface area contributed by atoms with Crippen LogP contribution >= 0.6 is 11.3 Å². The molecule has 0 aliphatic carbocycles. The number of nitrogens with zero attached hydrogens (tertiary/aromatic N) is 1. The number of hydrogen-bond acceptors (Lipinski definition) is 3. The summed E-state index contributed by atoms with van der Waals surface area (Å²) >= 11 is 1.73. The standard InChI is InChI=1S/C24H22N4OS/c1-16(24(29)28-21-9-4-2-7-17(21)13-25)26-15-20(23-11-6-12-30-23)19-14-27-22-10-5-3-8-18(19)22/h2-12,14,16,20,26-27H,15H2,1H3,(H,28,29)/p+1/t16-,20-/m0/s1. The molecular formula is C24H23N4OS+. The van der Waals surface area contributed by atoms with E-state index in [1.807, 2.05) is 19.1 Å². The maximum Gasteiger partial charge on any atom is 0.282 e. The molecule has 4 N–H and O–H groups in total. The van der Waals surface area contributed by atoms with Crippen molar-refractivity contribution in [2.45, 2.75) is 18.9 Å². The Kier molecular flexibility index (Phi) is 5.94.